The zero-order valence-electron chi connectivity index (χ0n) is 12.0. The van der Waals surface area contributed by atoms with Gasteiger partial charge < -0.3 is 4.74 Å². The van der Waals surface area contributed by atoms with E-state index in [4.69, 9.17) is 4.74 Å². The van der Waals surface area contributed by atoms with Gasteiger partial charge in [-0.2, -0.15) is 0 Å². The highest BCUT2D eigenvalue weighted by Crippen LogP contribution is 2.45. The monoisotopic (exact) mass is 262 g/mol. The largest absolute Gasteiger partial charge is 0.466 e. The Morgan fingerprint density at radius 1 is 1.32 bits per heavy atom. The molecule has 0 amide bonds. The molecule has 2 aliphatic rings. The van der Waals surface area contributed by atoms with Crippen molar-refractivity contribution in [2.24, 2.45) is 17.8 Å². The molecule has 0 heterocycles. The Balaban J connectivity index is 2.25. The van der Waals surface area contributed by atoms with Crippen molar-refractivity contribution in [1.29, 1.82) is 0 Å². The minimum atomic E-state index is -0.321. The van der Waals surface area contributed by atoms with Gasteiger partial charge in [-0.3, -0.25) is 4.79 Å². The van der Waals surface area contributed by atoms with E-state index >= 15 is 0 Å². The first-order valence-corrected chi connectivity index (χ1v) is 6.95. The number of methoxy groups -OCH3 is 1. The lowest BCUT2D eigenvalue weighted by molar-refractivity contribution is -0.136. The molecule has 0 aromatic carbocycles. The molecule has 0 saturated heterocycles. The van der Waals surface area contributed by atoms with Crippen molar-refractivity contribution >= 4 is 11.8 Å². The number of fused-ring (bicyclic) bond motifs is 1. The van der Waals surface area contributed by atoms with Crippen LogP contribution in [0.3, 0.4) is 0 Å². The van der Waals surface area contributed by atoms with Gasteiger partial charge in [0.25, 0.3) is 0 Å². The minimum Gasteiger partial charge on any atom is -0.466 e. The molecule has 3 heteroatoms. The molecule has 0 radical (unpaired) electrons. The van der Waals surface area contributed by atoms with Gasteiger partial charge in [-0.15, -0.1) is 0 Å². The van der Waals surface area contributed by atoms with Gasteiger partial charge in [0.1, 0.15) is 0 Å². The summed E-state index contributed by atoms with van der Waals surface area (Å²) < 4.78 is 4.77. The molecule has 1 saturated carbocycles. The summed E-state index contributed by atoms with van der Waals surface area (Å²) in [6, 6.07) is 0. The summed E-state index contributed by atoms with van der Waals surface area (Å²) in [4.78, 5) is 23.5. The normalized spacial score (nSPS) is 30.9. The summed E-state index contributed by atoms with van der Waals surface area (Å²) in [5.41, 5.74) is 2.72. The highest BCUT2D eigenvalue weighted by atomic mass is 16.5. The molecular formula is C16H22O3. The average molecular weight is 262 g/mol. The second-order valence-corrected chi connectivity index (χ2v) is 5.86. The maximum Gasteiger partial charge on any atom is 0.333 e. The van der Waals surface area contributed by atoms with E-state index in [9.17, 15) is 9.59 Å². The third-order valence-corrected chi connectivity index (χ3v) is 4.82. The molecule has 0 aromatic rings. The highest BCUT2D eigenvalue weighted by molar-refractivity contribution is 5.98. The van der Waals surface area contributed by atoms with Crippen LogP contribution in [0.2, 0.25) is 0 Å². The van der Waals surface area contributed by atoms with Gasteiger partial charge in [0, 0.05) is 12.0 Å². The SMILES string of the molecule is C=C(C(=O)OC)C1CCC(C)C2CC(=O)C(C)=C2C1. The number of Topliss-reactive ketones (excluding diaryl/α,β-unsaturated/α-hetero) is 1. The van der Waals surface area contributed by atoms with Crippen molar-refractivity contribution in [2.75, 3.05) is 7.11 Å². The standard InChI is InChI=1S/C16H22O3/c1-9-5-6-12(10(2)16(18)19-4)7-14-11(3)15(17)8-13(9)14/h9,12-13H,2,5-8H2,1,3-4H3. The number of hydrogen-bond donors (Lipinski definition) is 0. The van der Waals surface area contributed by atoms with E-state index in [0.29, 0.717) is 23.8 Å². The molecule has 0 bridgehead atoms. The van der Waals surface area contributed by atoms with E-state index in [-0.39, 0.29) is 17.7 Å². The number of ether oxygens (including phenoxy) is 1. The van der Waals surface area contributed by atoms with Gasteiger partial charge in [-0.1, -0.05) is 19.1 Å². The number of hydrogen-bond acceptors (Lipinski definition) is 3. The van der Waals surface area contributed by atoms with E-state index < -0.39 is 0 Å². The summed E-state index contributed by atoms with van der Waals surface area (Å²) in [7, 11) is 1.39. The van der Waals surface area contributed by atoms with E-state index in [2.05, 4.69) is 13.5 Å². The molecule has 0 aromatic heterocycles. The summed E-state index contributed by atoms with van der Waals surface area (Å²) in [5.74, 6) is 0.959. The van der Waals surface area contributed by atoms with Gasteiger partial charge >= 0.3 is 5.97 Å². The van der Waals surface area contributed by atoms with E-state index in [1.807, 2.05) is 6.92 Å². The lowest BCUT2D eigenvalue weighted by Gasteiger charge is -2.18. The van der Waals surface area contributed by atoms with Crippen LogP contribution < -0.4 is 0 Å². The highest BCUT2D eigenvalue weighted by Gasteiger charge is 2.38. The third kappa shape index (κ3) is 2.51. The molecule has 1 fully saturated rings. The lowest BCUT2D eigenvalue weighted by atomic mass is 9.86. The zero-order chi connectivity index (χ0) is 14.2. The predicted molar refractivity (Wildman–Crippen MR) is 73.5 cm³/mol. The molecule has 104 valence electrons. The van der Waals surface area contributed by atoms with Crippen molar-refractivity contribution < 1.29 is 14.3 Å². The van der Waals surface area contributed by atoms with Crippen LogP contribution in [0, 0.1) is 17.8 Å². The Morgan fingerprint density at radius 3 is 2.63 bits per heavy atom. The molecule has 2 aliphatic carbocycles. The molecule has 2 rings (SSSR count). The number of allylic oxidation sites excluding steroid dienone is 2. The number of carbonyl (C=O) groups excluding carboxylic acids is 2. The average Bonchev–Trinajstić information content (AvgIpc) is 2.59. The van der Waals surface area contributed by atoms with Crippen LogP contribution in [-0.2, 0) is 14.3 Å². The first-order chi connectivity index (χ1) is 8.95. The van der Waals surface area contributed by atoms with E-state index in [1.165, 1.54) is 12.7 Å². The Hall–Kier alpha value is -1.38. The summed E-state index contributed by atoms with van der Waals surface area (Å²) in [6.45, 7) is 8.02. The molecule has 0 aliphatic heterocycles. The maximum atomic E-state index is 11.9. The fourth-order valence-corrected chi connectivity index (χ4v) is 3.41. The zero-order valence-corrected chi connectivity index (χ0v) is 12.0. The second-order valence-electron chi connectivity index (χ2n) is 5.86. The van der Waals surface area contributed by atoms with E-state index in [0.717, 1.165) is 24.8 Å². The Kier molecular flexibility index (Phi) is 3.93. The van der Waals surface area contributed by atoms with Crippen LogP contribution in [-0.4, -0.2) is 18.9 Å². The predicted octanol–water partition coefficient (Wildman–Crippen LogP) is 3.06. The molecule has 19 heavy (non-hydrogen) atoms. The maximum absolute atomic E-state index is 11.9. The van der Waals surface area contributed by atoms with E-state index in [1.54, 1.807) is 0 Å². The fourth-order valence-electron chi connectivity index (χ4n) is 3.41. The van der Waals surface area contributed by atoms with Crippen LogP contribution >= 0.6 is 0 Å². The number of ketones is 1. The molecule has 3 nitrogen and oxygen atoms in total. The Morgan fingerprint density at radius 2 is 2.00 bits per heavy atom. The van der Waals surface area contributed by atoms with Crippen molar-refractivity contribution in [1.82, 2.24) is 0 Å². The number of esters is 1. The van der Waals surface area contributed by atoms with Gasteiger partial charge in [0.05, 0.1) is 7.11 Å². The van der Waals surface area contributed by atoms with Gasteiger partial charge in [-0.25, -0.2) is 4.79 Å². The minimum absolute atomic E-state index is 0.121. The van der Waals surface area contributed by atoms with Crippen molar-refractivity contribution in [3.63, 3.8) is 0 Å². The first kappa shape index (κ1) is 14.0. The molecule has 0 spiro atoms. The first-order valence-electron chi connectivity index (χ1n) is 6.95. The number of rotatable bonds is 2. The number of carbonyl (C=O) groups is 2. The van der Waals surface area contributed by atoms with Gasteiger partial charge in [-0.05, 0) is 49.5 Å². The Bertz CT molecular complexity index is 459. The van der Waals surface area contributed by atoms with Gasteiger partial charge in [0.2, 0.25) is 0 Å². The van der Waals surface area contributed by atoms with Crippen molar-refractivity contribution in [2.45, 2.75) is 39.5 Å². The van der Waals surface area contributed by atoms with Gasteiger partial charge in [0.15, 0.2) is 5.78 Å². The van der Waals surface area contributed by atoms with Crippen LogP contribution in [0.15, 0.2) is 23.3 Å². The molecule has 3 atom stereocenters. The molecule has 0 N–H and O–H groups in total. The lowest BCUT2D eigenvalue weighted by Crippen LogP contribution is -2.14. The Labute approximate surface area is 114 Å². The quantitative estimate of drug-likeness (QED) is 0.567. The topological polar surface area (TPSA) is 43.4 Å². The van der Waals surface area contributed by atoms with Crippen LogP contribution in [0.4, 0.5) is 0 Å². The smallest absolute Gasteiger partial charge is 0.333 e. The third-order valence-electron chi connectivity index (χ3n) is 4.82. The second kappa shape index (κ2) is 5.32. The van der Waals surface area contributed by atoms with Crippen LogP contribution in [0.25, 0.3) is 0 Å². The summed E-state index contributed by atoms with van der Waals surface area (Å²) in [6.07, 6.45) is 3.44. The van der Waals surface area contributed by atoms with Crippen molar-refractivity contribution in [3.05, 3.63) is 23.3 Å². The van der Waals surface area contributed by atoms with Crippen molar-refractivity contribution in [3.8, 4) is 0 Å². The van der Waals surface area contributed by atoms with Crippen LogP contribution in [0.5, 0.6) is 0 Å². The fraction of sp³-hybridized carbons (Fsp3) is 0.625. The van der Waals surface area contributed by atoms with Crippen LogP contribution in [0.1, 0.15) is 39.5 Å². The summed E-state index contributed by atoms with van der Waals surface area (Å²) in [5, 5.41) is 0. The molecular weight excluding hydrogens is 240 g/mol. The summed E-state index contributed by atoms with van der Waals surface area (Å²) >= 11 is 0. The molecule has 3 unspecified atom stereocenters.